The van der Waals surface area contributed by atoms with Crippen LogP contribution >= 0.6 is 0 Å². The Morgan fingerprint density at radius 1 is 1.05 bits per heavy atom. The highest BCUT2D eigenvalue weighted by atomic mass is 15.5. The van der Waals surface area contributed by atoms with Crippen LogP contribution in [-0.4, -0.2) is 20.2 Å². The van der Waals surface area contributed by atoms with E-state index in [0.717, 1.165) is 11.4 Å². The van der Waals surface area contributed by atoms with Gasteiger partial charge in [0, 0.05) is 12.3 Å². The molecule has 3 rings (SSSR count). The fourth-order valence-corrected chi connectivity index (χ4v) is 1.96. The minimum atomic E-state index is 0.579. The lowest BCUT2D eigenvalue weighted by atomic mass is 10.2. The molecule has 0 aliphatic heterocycles. The maximum Gasteiger partial charge on any atom is 0.181 e. The third-order valence-corrected chi connectivity index (χ3v) is 3.01. The Morgan fingerprint density at radius 2 is 1.82 bits per heavy atom. The van der Waals surface area contributed by atoms with E-state index in [1.165, 1.54) is 0 Å². The summed E-state index contributed by atoms with van der Waals surface area (Å²) in [5, 5.41) is 23.7. The van der Waals surface area contributed by atoms with Gasteiger partial charge in [-0.05, 0) is 34.7 Å². The van der Waals surface area contributed by atoms with Crippen LogP contribution in [-0.2, 0) is 0 Å². The van der Waals surface area contributed by atoms with Crippen molar-refractivity contribution >= 4 is 11.8 Å². The fraction of sp³-hybridized carbons (Fsp3) is 0. The zero-order valence-electron chi connectivity index (χ0n) is 11.6. The normalized spacial score (nSPS) is 10.5. The molecule has 0 saturated heterocycles. The van der Waals surface area contributed by atoms with Gasteiger partial charge in [-0.3, -0.25) is 0 Å². The van der Waals surface area contributed by atoms with Crippen molar-refractivity contribution in [2.45, 2.75) is 0 Å². The smallest absolute Gasteiger partial charge is 0.181 e. The Bertz CT molecular complexity index is 829. The number of nitrogens with zero attached hydrogens (tertiary/aromatic N) is 5. The first kappa shape index (κ1) is 13.5. The summed E-state index contributed by atoms with van der Waals surface area (Å²) in [6.45, 7) is 0. The molecule has 22 heavy (non-hydrogen) atoms. The van der Waals surface area contributed by atoms with Gasteiger partial charge < -0.3 is 5.32 Å². The maximum atomic E-state index is 9.04. The number of tetrazole rings is 1. The van der Waals surface area contributed by atoms with Gasteiger partial charge >= 0.3 is 0 Å². The van der Waals surface area contributed by atoms with Crippen LogP contribution in [0.3, 0.4) is 0 Å². The van der Waals surface area contributed by atoms with Crippen LogP contribution in [0, 0.1) is 11.3 Å². The summed E-state index contributed by atoms with van der Waals surface area (Å²) in [5.41, 5.74) is 2.19. The van der Waals surface area contributed by atoms with Gasteiger partial charge in [0.1, 0.15) is 6.07 Å². The van der Waals surface area contributed by atoms with Crippen LogP contribution in [0.1, 0.15) is 11.4 Å². The number of aromatic nitrogens is 4. The van der Waals surface area contributed by atoms with Crippen LogP contribution in [0.2, 0.25) is 0 Å². The number of anilines is 1. The standard InChI is InChI=1S/C16H12N6/c17-12-13-6-4-5-9-15(13)18-11-10-16-19-20-21-22(16)14-7-2-1-3-8-14/h1-11,18H. The molecule has 1 heterocycles. The van der Waals surface area contributed by atoms with Gasteiger partial charge in [0.05, 0.1) is 16.9 Å². The number of hydrogen-bond donors (Lipinski definition) is 1. The van der Waals surface area contributed by atoms with Gasteiger partial charge in [-0.25, -0.2) is 0 Å². The zero-order valence-corrected chi connectivity index (χ0v) is 11.6. The second-order valence-electron chi connectivity index (χ2n) is 4.42. The lowest BCUT2D eigenvalue weighted by Crippen LogP contribution is -1.99. The number of para-hydroxylation sites is 2. The predicted molar refractivity (Wildman–Crippen MR) is 83.0 cm³/mol. The van der Waals surface area contributed by atoms with Crippen molar-refractivity contribution in [2.24, 2.45) is 0 Å². The van der Waals surface area contributed by atoms with Crippen molar-refractivity contribution < 1.29 is 0 Å². The summed E-state index contributed by atoms with van der Waals surface area (Å²) in [6, 6.07) is 19.0. The monoisotopic (exact) mass is 288 g/mol. The molecular formula is C16H12N6. The predicted octanol–water partition coefficient (Wildman–Crippen LogP) is 2.62. The third-order valence-electron chi connectivity index (χ3n) is 3.01. The molecule has 0 amide bonds. The van der Waals surface area contributed by atoms with E-state index < -0.39 is 0 Å². The molecule has 0 radical (unpaired) electrons. The van der Waals surface area contributed by atoms with Crippen LogP contribution < -0.4 is 5.32 Å². The molecule has 0 bridgehead atoms. The zero-order chi connectivity index (χ0) is 15.2. The molecular weight excluding hydrogens is 276 g/mol. The summed E-state index contributed by atoms with van der Waals surface area (Å²) in [5.74, 6) is 0.591. The molecule has 0 spiro atoms. The lowest BCUT2D eigenvalue weighted by molar-refractivity contribution is 0.787. The van der Waals surface area contributed by atoms with Gasteiger partial charge in [-0.2, -0.15) is 9.94 Å². The fourth-order valence-electron chi connectivity index (χ4n) is 1.96. The number of nitrogens with one attached hydrogen (secondary N) is 1. The Hall–Kier alpha value is -3.46. The van der Waals surface area contributed by atoms with Crippen LogP contribution in [0.5, 0.6) is 0 Å². The molecule has 0 atom stereocenters. The molecule has 6 nitrogen and oxygen atoms in total. The molecule has 0 aliphatic carbocycles. The van der Waals surface area contributed by atoms with Crippen LogP contribution in [0.4, 0.5) is 5.69 Å². The van der Waals surface area contributed by atoms with E-state index in [9.17, 15) is 0 Å². The summed E-state index contributed by atoms with van der Waals surface area (Å²) >= 11 is 0. The van der Waals surface area contributed by atoms with Crippen LogP contribution in [0.15, 0.2) is 60.8 Å². The first-order chi connectivity index (χ1) is 10.9. The Kier molecular flexibility index (Phi) is 3.89. The van der Waals surface area contributed by atoms with Crippen molar-refractivity contribution in [1.29, 1.82) is 5.26 Å². The van der Waals surface area contributed by atoms with E-state index >= 15 is 0 Å². The van der Waals surface area contributed by atoms with Crippen molar-refractivity contribution in [2.75, 3.05) is 5.32 Å². The highest BCUT2D eigenvalue weighted by Crippen LogP contribution is 2.14. The first-order valence-electron chi connectivity index (χ1n) is 6.64. The van der Waals surface area contributed by atoms with E-state index in [2.05, 4.69) is 26.9 Å². The summed E-state index contributed by atoms with van der Waals surface area (Å²) < 4.78 is 1.63. The van der Waals surface area contributed by atoms with Crippen molar-refractivity contribution in [3.05, 3.63) is 72.2 Å². The first-order valence-corrected chi connectivity index (χ1v) is 6.64. The minimum Gasteiger partial charge on any atom is -0.360 e. The molecule has 0 fully saturated rings. The van der Waals surface area contributed by atoms with Gasteiger partial charge in [0.15, 0.2) is 5.82 Å². The van der Waals surface area contributed by atoms with Gasteiger partial charge in [0.25, 0.3) is 0 Å². The maximum absolute atomic E-state index is 9.04. The third kappa shape index (κ3) is 2.83. The number of nitriles is 1. The Labute approximate surface area is 127 Å². The highest BCUT2D eigenvalue weighted by molar-refractivity contribution is 5.60. The Balaban J connectivity index is 1.80. The molecule has 0 saturated carbocycles. The van der Waals surface area contributed by atoms with Crippen LogP contribution in [0.25, 0.3) is 11.8 Å². The topological polar surface area (TPSA) is 79.4 Å². The number of rotatable bonds is 4. The largest absolute Gasteiger partial charge is 0.360 e. The minimum absolute atomic E-state index is 0.579. The van der Waals surface area contributed by atoms with Crippen molar-refractivity contribution in [3.63, 3.8) is 0 Å². The molecule has 2 aromatic carbocycles. The van der Waals surface area contributed by atoms with Gasteiger partial charge in [0.2, 0.25) is 0 Å². The molecule has 1 N–H and O–H groups in total. The second-order valence-corrected chi connectivity index (χ2v) is 4.42. The van der Waals surface area contributed by atoms with E-state index in [4.69, 9.17) is 5.26 Å². The Morgan fingerprint density at radius 3 is 2.64 bits per heavy atom. The van der Waals surface area contributed by atoms with E-state index in [1.54, 1.807) is 23.0 Å². The molecule has 6 heteroatoms. The van der Waals surface area contributed by atoms with E-state index in [-0.39, 0.29) is 0 Å². The second kappa shape index (κ2) is 6.33. The van der Waals surface area contributed by atoms with Gasteiger partial charge in [-0.1, -0.05) is 30.3 Å². The number of hydrogen-bond acceptors (Lipinski definition) is 5. The van der Waals surface area contributed by atoms with Gasteiger partial charge in [-0.15, -0.1) is 5.10 Å². The summed E-state index contributed by atoms with van der Waals surface area (Å²) in [6.07, 6.45) is 3.46. The summed E-state index contributed by atoms with van der Waals surface area (Å²) in [4.78, 5) is 0. The quantitative estimate of drug-likeness (QED) is 0.798. The average molecular weight is 288 g/mol. The molecule has 1 aromatic heterocycles. The lowest BCUT2D eigenvalue weighted by Gasteiger charge is -2.03. The molecule has 0 unspecified atom stereocenters. The SMILES string of the molecule is N#Cc1ccccc1NC=Cc1nnnn1-c1ccccc1. The molecule has 106 valence electrons. The highest BCUT2D eigenvalue weighted by Gasteiger charge is 2.04. The van der Waals surface area contributed by atoms with Crippen molar-refractivity contribution in [3.8, 4) is 11.8 Å². The average Bonchev–Trinajstić information content (AvgIpc) is 3.04. The summed E-state index contributed by atoms with van der Waals surface area (Å²) in [7, 11) is 0. The molecule has 0 aliphatic rings. The van der Waals surface area contributed by atoms with E-state index in [0.29, 0.717) is 11.4 Å². The van der Waals surface area contributed by atoms with Crippen molar-refractivity contribution in [1.82, 2.24) is 20.2 Å². The van der Waals surface area contributed by atoms with E-state index in [1.807, 2.05) is 48.5 Å². The molecule has 3 aromatic rings. The number of benzene rings is 2.